The molecule has 0 bridgehead atoms. The lowest BCUT2D eigenvalue weighted by atomic mass is 10.1. The lowest BCUT2D eigenvalue weighted by Gasteiger charge is -1.94. The second kappa shape index (κ2) is 4.75. The summed E-state index contributed by atoms with van der Waals surface area (Å²) in [6, 6.07) is 6.16. The van der Waals surface area contributed by atoms with Gasteiger partial charge in [0.25, 0.3) is 0 Å². The summed E-state index contributed by atoms with van der Waals surface area (Å²) >= 11 is 0. The van der Waals surface area contributed by atoms with Crippen molar-refractivity contribution in [3.63, 3.8) is 0 Å². The average molecular weight is 206 g/mol. The quantitative estimate of drug-likeness (QED) is 0.366. The number of nitrogens with two attached hydrogens (primary N) is 2. The molecular formula is C9H10N4O2. The van der Waals surface area contributed by atoms with Gasteiger partial charge in [-0.1, -0.05) is 12.1 Å². The van der Waals surface area contributed by atoms with Gasteiger partial charge in [-0.3, -0.25) is 0 Å². The molecule has 0 unspecified atom stereocenters. The van der Waals surface area contributed by atoms with E-state index in [1.165, 1.54) is 18.3 Å². The summed E-state index contributed by atoms with van der Waals surface area (Å²) in [5.41, 5.74) is 11.0. The highest BCUT2D eigenvalue weighted by molar-refractivity contribution is 5.89. The van der Waals surface area contributed by atoms with Crippen molar-refractivity contribution in [3.8, 4) is 0 Å². The fourth-order valence-electron chi connectivity index (χ4n) is 0.874. The van der Waals surface area contributed by atoms with Gasteiger partial charge in [-0.25, -0.2) is 4.79 Å². The third-order valence-electron chi connectivity index (χ3n) is 1.54. The smallest absolute Gasteiger partial charge is 0.335 e. The van der Waals surface area contributed by atoms with E-state index in [2.05, 4.69) is 10.2 Å². The molecule has 0 radical (unpaired) electrons. The van der Waals surface area contributed by atoms with Gasteiger partial charge in [0.15, 0.2) is 0 Å². The summed E-state index contributed by atoms with van der Waals surface area (Å²) in [6.45, 7) is 0. The number of benzene rings is 1. The number of hydrogen-bond donors (Lipinski definition) is 3. The van der Waals surface area contributed by atoms with E-state index in [1.54, 1.807) is 12.1 Å². The zero-order chi connectivity index (χ0) is 11.3. The molecule has 0 atom stereocenters. The van der Waals surface area contributed by atoms with Crippen LogP contribution in [0.1, 0.15) is 15.9 Å². The van der Waals surface area contributed by atoms with Crippen LogP contribution in [-0.2, 0) is 0 Å². The van der Waals surface area contributed by atoms with E-state index < -0.39 is 5.97 Å². The molecule has 15 heavy (non-hydrogen) atoms. The number of hydrogen-bond acceptors (Lipinski definition) is 3. The van der Waals surface area contributed by atoms with Crippen molar-refractivity contribution in [1.29, 1.82) is 0 Å². The van der Waals surface area contributed by atoms with Crippen LogP contribution in [0.3, 0.4) is 0 Å². The largest absolute Gasteiger partial charge is 0.478 e. The Hall–Kier alpha value is -2.37. The topological polar surface area (TPSA) is 114 Å². The van der Waals surface area contributed by atoms with Gasteiger partial charge in [0, 0.05) is 0 Å². The molecule has 0 saturated heterocycles. The van der Waals surface area contributed by atoms with E-state index in [0.29, 0.717) is 5.56 Å². The molecule has 1 rings (SSSR count). The zero-order valence-corrected chi connectivity index (χ0v) is 7.79. The third kappa shape index (κ3) is 3.47. The molecular weight excluding hydrogens is 196 g/mol. The minimum absolute atomic E-state index is 0.131. The van der Waals surface area contributed by atoms with Crippen molar-refractivity contribution < 1.29 is 9.90 Å². The number of guanidine groups is 1. The Balaban J connectivity index is 2.77. The van der Waals surface area contributed by atoms with Crippen molar-refractivity contribution in [2.24, 2.45) is 21.7 Å². The Bertz CT molecular complexity index is 405. The van der Waals surface area contributed by atoms with Crippen molar-refractivity contribution in [2.45, 2.75) is 0 Å². The van der Waals surface area contributed by atoms with Crippen LogP contribution in [-0.4, -0.2) is 23.2 Å². The molecule has 0 saturated carbocycles. The minimum atomic E-state index is -0.970. The summed E-state index contributed by atoms with van der Waals surface area (Å²) < 4.78 is 0. The number of aromatic carboxylic acids is 1. The summed E-state index contributed by atoms with van der Waals surface area (Å²) in [6.07, 6.45) is 1.42. The Kier molecular flexibility index (Phi) is 3.39. The second-order valence-electron chi connectivity index (χ2n) is 2.70. The maximum Gasteiger partial charge on any atom is 0.335 e. The van der Waals surface area contributed by atoms with Crippen LogP contribution in [0.15, 0.2) is 34.5 Å². The summed E-state index contributed by atoms with van der Waals surface area (Å²) in [5, 5.41) is 15.6. The molecule has 1 aromatic rings. The van der Waals surface area contributed by atoms with Crippen LogP contribution in [0, 0.1) is 0 Å². The fourth-order valence-corrected chi connectivity index (χ4v) is 0.874. The third-order valence-corrected chi connectivity index (χ3v) is 1.54. The van der Waals surface area contributed by atoms with Crippen molar-refractivity contribution in [2.75, 3.05) is 0 Å². The van der Waals surface area contributed by atoms with Crippen LogP contribution < -0.4 is 11.5 Å². The first-order valence-corrected chi connectivity index (χ1v) is 4.05. The predicted octanol–water partition coefficient (Wildman–Crippen LogP) is -0.00790. The van der Waals surface area contributed by atoms with Crippen molar-refractivity contribution in [1.82, 2.24) is 0 Å². The molecule has 0 spiro atoms. The average Bonchev–Trinajstić information content (AvgIpc) is 2.18. The number of nitrogens with zero attached hydrogens (tertiary/aromatic N) is 2. The maximum atomic E-state index is 10.5. The van der Waals surface area contributed by atoms with E-state index >= 15 is 0 Å². The van der Waals surface area contributed by atoms with Crippen molar-refractivity contribution >= 4 is 18.1 Å². The molecule has 0 fully saturated rings. The van der Waals surface area contributed by atoms with E-state index in [1.807, 2.05) is 0 Å². The molecule has 0 aliphatic rings. The van der Waals surface area contributed by atoms with E-state index in [9.17, 15) is 4.79 Å². The Labute approximate surface area is 85.9 Å². The SMILES string of the molecule is NC(N)=N/N=C/c1ccc(C(=O)O)cc1. The van der Waals surface area contributed by atoms with Gasteiger partial charge in [0.2, 0.25) is 5.96 Å². The van der Waals surface area contributed by atoms with Crippen molar-refractivity contribution in [3.05, 3.63) is 35.4 Å². The summed E-state index contributed by atoms with van der Waals surface area (Å²) in [4.78, 5) is 10.5. The van der Waals surface area contributed by atoms with Gasteiger partial charge in [-0.05, 0) is 17.7 Å². The number of carboxylic acid groups (broad SMARTS) is 1. The summed E-state index contributed by atoms with van der Waals surface area (Å²) in [5.74, 6) is -1.10. The van der Waals surface area contributed by atoms with Crippen LogP contribution in [0.25, 0.3) is 0 Å². The highest BCUT2D eigenvalue weighted by Crippen LogP contribution is 2.02. The number of carbonyl (C=O) groups is 1. The predicted molar refractivity (Wildman–Crippen MR) is 56.8 cm³/mol. The fraction of sp³-hybridized carbons (Fsp3) is 0. The Morgan fingerprint density at radius 3 is 2.33 bits per heavy atom. The van der Waals surface area contributed by atoms with Gasteiger partial charge >= 0.3 is 5.97 Å². The molecule has 0 aliphatic heterocycles. The van der Waals surface area contributed by atoms with Crippen LogP contribution in [0.2, 0.25) is 0 Å². The molecule has 6 nitrogen and oxygen atoms in total. The van der Waals surface area contributed by atoms with Gasteiger partial charge in [-0.15, -0.1) is 5.10 Å². The molecule has 0 aliphatic carbocycles. The molecule has 78 valence electrons. The van der Waals surface area contributed by atoms with E-state index in [0.717, 1.165) is 0 Å². The van der Waals surface area contributed by atoms with Gasteiger partial charge in [0.1, 0.15) is 0 Å². The highest BCUT2D eigenvalue weighted by Gasteiger charge is 1.99. The first-order chi connectivity index (χ1) is 7.09. The van der Waals surface area contributed by atoms with E-state index in [-0.39, 0.29) is 11.5 Å². The standard InChI is InChI=1S/C9H10N4O2/c10-9(11)13-12-5-6-1-3-7(4-2-6)8(14)15/h1-5H,(H,14,15)(H4,10,11,13)/b12-5+. The molecule has 0 heterocycles. The van der Waals surface area contributed by atoms with Gasteiger partial charge in [0.05, 0.1) is 11.8 Å². The van der Waals surface area contributed by atoms with Gasteiger partial charge in [-0.2, -0.15) is 5.10 Å². The molecule has 5 N–H and O–H groups in total. The summed E-state index contributed by atoms with van der Waals surface area (Å²) in [7, 11) is 0. The number of rotatable bonds is 3. The monoisotopic (exact) mass is 206 g/mol. The minimum Gasteiger partial charge on any atom is -0.478 e. The first kappa shape index (κ1) is 10.7. The van der Waals surface area contributed by atoms with Crippen LogP contribution in [0.4, 0.5) is 0 Å². The normalized spacial score (nSPS) is 10.1. The first-order valence-electron chi connectivity index (χ1n) is 4.05. The molecule has 0 amide bonds. The lowest BCUT2D eigenvalue weighted by Crippen LogP contribution is -2.21. The Morgan fingerprint density at radius 2 is 1.87 bits per heavy atom. The van der Waals surface area contributed by atoms with Gasteiger partial charge < -0.3 is 16.6 Å². The zero-order valence-electron chi connectivity index (χ0n) is 7.79. The number of carboxylic acids is 1. The van der Waals surface area contributed by atoms with Crippen LogP contribution >= 0.6 is 0 Å². The maximum absolute atomic E-state index is 10.5. The van der Waals surface area contributed by atoms with Crippen LogP contribution in [0.5, 0.6) is 0 Å². The second-order valence-corrected chi connectivity index (χ2v) is 2.70. The highest BCUT2D eigenvalue weighted by atomic mass is 16.4. The molecule has 1 aromatic carbocycles. The molecule has 6 heteroatoms. The van der Waals surface area contributed by atoms with E-state index in [4.69, 9.17) is 16.6 Å². The molecule has 0 aromatic heterocycles. The Morgan fingerprint density at radius 1 is 1.27 bits per heavy atom. The lowest BCUT2D eigenvalue weighted by molar-refractivity contribution is 0.0697.